The van der Waals surface area contributed by atoms with Crippen molar-refractivity contribution in [1.29, 1.82) is 0 Å². The molecule has 1 aromatic rings. The summed E-state index contributed by atoms with van der Waals surface area (Å²) in [4.78, 5) is 26.9. The Morgan fingerprint density at radius 1 is 1.12 bits per heavy atom. The largest absolute Gasteiger partial charge is 0.336 e. The highest BCUT2D eigenvalue weighted by Gasteiger charge is 2.26. The number of benzene rings is 1. The molecule has 132 valence electrons. The molecule has 1 unspecified atom stereocenters. The van der Waals surface area contributed by atoms with Crippen molar-refractivity contribution in [3.8, 4) is 0 Å². The lowest BCUT2D eigenvalue weighted by atomic mass is 9.99. The Kier molecular flexibility index (Phi) is 6.83. The summed E-state index contributed by atoms with van der Waals surface area (Å²) in [7, 11) is 0. The standard InChI is InChI=1S/C20H30N2O2/c1-4-15(5-2)19(23)21-17-12-10-16(11-13-17)20(24)22-14-8-7-9-18(22)6-3/h10-13,15,18H,4-9,14H2,1-3H3,(H,21,23). The van der Waals surface area contributed by atoms with Gasteiger partial charge in [-0.2, -0.15) is 0 Å². The van der Waals surface area contributed by atoms with E-state index in [0.29, 0.717) is 11.6 Å². The highest BCUT2D eigenvalue weighted by atomic mass is 16.2. The van der Waals surface area contributed by atoms with Crippen LogP contribution in [0.3, 0.4) is 0 Å². The number of hydrogen-bond donors (Lipinski definition) is 1. The predicted molar refractivity (Wildman–Crippen MR) is 98.1 cm³/mol. The molecule has 0 spiro atoms. The summed E-state index contributed by atoms with van der Waals surface area (Å²) >= 11 is 0. The quantitative estimate of drug-likeness (QED) is 0.837. The molecule has 0 aromatic heterocycles. The van der Waals surface area contributed by atoms with E-state index in [9.17, 15) is 9.59 Å². The molecule has 0 radical (unpaired) electrons. The summed E-state index contributed by atoms with van der Waals surface area (Å²) in [6.45, 7) is 7.05. The molecule has 1 saturated heterocycles. The van der Waals surface area contributed by atoms with Crippen LogP contribution in [0.25, 0.3) is 0 Å². The molecule has 2 amide bonds. The highest BCUT2D eigenvalue weighted by molar-refractivity contribution is 5.96. The molecule has 1 aromatic carbocycles. The Labute approximate surface area is 145 Å². The van der Waals surface area contributed by atoms with E-state index in [2.05, 4.69) is 12.2 Å². The Hall–Kier alpha value is -1.84. The van der Waals surface area contributed by atoms with Crippen LogP contribution in [-0.4, -0.2) is 29.3 Å². The minimum Gasteiger partial charge on any atom is -0.336 e. The molecule has 1 aliphatic rings. The molecule has 1 N–H and O–H groups in total. The van der Waals surface area contributed by atoms with Crippen molar-refractivity contribution in [2.75, 3.05) is 11.9 Å². The van der Waals surface area contributed by atoms with Crippen LogP contribution in [0.4, 0.5) is 5.69 Å². The van der Waals surface area contributed by atoms with Gasteiger partial charge in [-0.1, -0.05) is 20.8 Å². The third kappa shape index (κ3) is 4.37. The second-order valence-electron chi connectivity index (χ2n) is 6.64. The number of carbonyl (C=O) groups is 2. The molecule has 1 atom stereocenters. The van der Waals surface area contributed by atoms with Crippen LogP contribution in [0.2, 0.25) is 0 Å². The minimum absolute atomic E-state index is 0.0463. The van der Waals surface area contributed by atoms with Gasteiger partial charge in [0.2, 0.25) is 5.91 Å². The molecule has 0 saturated carbocycles. The van der Waals surface area contributed by atoms with Crippen molar-refractivity contribution in [3.63, 3.8) is 0 Å². The third-order valence-electron chi connectivity index (χ3n) is 5.12. The van der Waals surface area contributed by atoms with Crippen LogP contribution in [0.1, 0.15) is 69.7 Å². The van der Waals surface area contributed by atoms with Crippen LogP contribution in [0, 0.1) is 5.92 Å². The highest BCUT2D eigenvalue weighted by Crippen LogP contribution is 2.22. The SMILES string of the molecule is CCC(CC)C(=O)Nc1ccc(C(=O)N2CCCCC2CC)cc1. The van der Waals surface area contributed by atoms with Gasteiger partial charge in [-0.3, -0.25) is 9.59 Å². The summed E-state index contributed by atoms with van der Waals surface area (Å²) in [5, 5.41) is 2.95. The van der Waals surface area contributed by atoms with Crippen molar-refractivity contribution in [3.05, 3.63) is 29.8 Å². The fraction of sp³-hybridized carbons (Fsp3) is 0.600. The van der Waals surface area contributed by atoms with Gasteiger partial charge in [0.25, 0.3) is 5.91 Å². The Morgan fingerprint density at radius 3 is 2.38 bits per heavy atom. The number of anilines is 1. The van der Waals surface area contributed by atoms with Crippen molar-refractivity contribution in [2.45, 2.75) is 65.3 Å². The summed E-state index contributed by atoms with van der Waals surface area (Å²) in [5.41, 5.74) is 1.46. The Balaban J connectivity index is 2.03. The average molecular weight is 330 g/mol. The van der Waals surface area contributed by atoms with Crippen molar-refractivity contribution in [1.82, 2.24) is 4.90 Å². The van der Waals surface area contributed by atoms with Crippen molar-refractivity contribution >= 4 is 17.5 Å². The smallest absolute Gasteiger partial charge is 0.254 e. The number of rotatable bonds is 6. The molecular formula is C20H30N2O2. The lowest BCUT2D eigenvalue weighted by molar-refractivity contribution is -0.120. The topological polar surface area (TPSA) is 49.4 Å². The van der Waals surface area contributed by atoms with Crippen molar-refractivity contribution in [2.24, 2.45) is 5.92 Å². The average Bonchev–Trinajstić information content (AvgIpc) is 2.62. The van der Waals surface area contributed by atoms with Gasteiger partial charge in [0, 0.05) is 29.8 Å². The zero-order valence-corrected chi connectivity index (χ0v) is 15.2. The van der Waals surface area contributed by atoms with Gasteiger partial charge in [0.1, 0.15) is 0 Å². The van der Waals surface area contributed by atoms with Crippen LogP contribution >= 0.6 is 0 Å². The zero-order chi connectivity index (χ0) is 17.5. The van der Waals surface area contributed by atoms with Crippen LogP contribution in [0.15, 0.2) is 24.3 Å². The van der Waals surface area contributed by atoms with E-state index in [4.69, 9.17) is 0 Å². The monoisotopic (exact) mass is 330 g/mol. The molecule has 2 rings (SSSR count). The van der Waals surface area contributed by atoms with Gasteiger partial charge >= 0.3 is 0 Å². The van der Waals surface area contributed by atoms with Crippen LogP contribution in [0.5, 0.6) is 0 Å². The molecule has 0 bridgehead atoms. The molecule has 4 nitrogen and oxygen atoms in total. The summed E-state index contributed by atoms with van der Waals surface area (Å²) in [6.07, 6.45) is 6.09. The molecule has 24 heavy (non-hydrogen) atoms. The Bertz CT molecular complexity index is 549. The number of likely N-dealkylation sites (tertiary alicyclic amines) is 1. The summed E-state index contributed by atoms with van der Waals surface area (Å²) in [5.74, 6) is 0.213. The van der Waals surface area contributed by atoms with E-state index in [1.807, 2.05) is 43.0 Å². The number of amides is 2. The molecular weight excluding hydrogens is 300 g/mol. The van der Waals surface area contributed by atoms with Gasteiger partial charge in [-0.15, -0.1) is 0 Å². The lowest BCUT2D eigenvalue weighted by Gasteiger charge is -2.35. The first-order chi connectivity index (χ1) is 11.6. The van der Waals surface area contributed by atoms with Crippen LogP contribution in [-0.2, 0) is 4.79 Å². The van der Waals surface area contributed by atoms with E-state index in [1.165, 1.54) is 6.42 Å². The second kappa shape index (κ2) is 8.86. The van der Waals surface area contributed by atoms with E-state index in [0.717, 1.165) is 44.3 Å². The fourth-order valence-electron chi connectivity index (χ4n) is 3.46. The van der Waals surface area contributed by atoms with Crippen molar-refractivity contribution < 1.29 is 9.59 Å². The normalized spacial score (nSPS) is 17.8. The lowest BCUT2D eigenvalue weighted by Crippen LogP contribution is -2.43. The number of hydrogen-bond acceptors (Lipinski definition) is 2. The maximum absolute atomic E-state index is 12.7. The molecule has 0 aliphatic carbocycles. The number of nitrogens with one attached hydrogen (secondary N) is 1. The van der Waals surface area contributed by atoms with Gasteiger partial charge < -0.3 is 10.2 Å². The van der Waals surface area contributed by atoms with E-state index >= 15 is 0 Å². The van der Waals surface area contributed by atoms with Gasteiger partial charge in [-0.05, 0) is 62.8 Å². The molecule has 1 aliphatic heterocycles. The molecule has 1 heterocycles. The third-order valence-corrected chi connectivity index (χ3v) is 5.12. The van der Waals surface area contributed by atoms with Gasteiger partial charge in [0.05, 0.1) is 0 Å². The first kappa shape index (κ1) is 18.5. The number of carbonyl (C=O) groups excluding carboxylic acids is 2. The minimum atomic E-state index is 0.0463. The van der Waals surface area contributed by atoms with Gasteiger partial charge in [0.15, 0.2) is 0 Å². The van der Waals surface area contributed by atoms with Crippen LogP contribution < -0.4 is 5.32 Å². The second-order valence-corrected chi connectivity index (χ2v) is 6.64. The summed E-state index contributed by atoms with van der Waals surface area (Å²) in [6, 6.07) is 7.68. The fourth-order valence-corrected chi connectivity index (χ4v) is 3.46. The molecule has 1 fully saturated rings. The predicted octanol–water partition coefficient (Wildman–Crippen LogP) is 4.47. The number of nitrogens with zero attached hydrogens (tertiary/aromatic N) is 1. The first-order valence-electron chi connectivity index (χ1n) is 9.32. The van der Waals surface area contributed by atoms with Gasteiger partial charge in [-0.25, -0.2) is 0 Å². The van der Waals surface area contributed by atoms with E-state index < -0.39 is 0 Å². The van der Waals surface area contributed by atoms with E-state index in [1.54, 1.807) is 0 Å². The Morgan fingerprint density at radius 2 is 1.79 bits per heavy atom. The molecule has 4 heteroatoms. The number of piperidine rings is 1. The van der Waals surface area contributed by atoms with E-state index in [-0.39, 0.29) is 17.7 Å². The first-order valence-corrected chi connectivity index (χ1v) is 9.32. The summed E-state index contributed by atoms with van der Waals surface area (Å²) < 4.78 is 0. The maximum atomic E-state index is 12.7. The maximum Gasteiger partial charge on any atom is 0.254 e. The zero-order valence-electron chi connectivity index (χ0n) is 15.2.